The third-order valence-electron chi connectivity index (χ3n) is 2.60. The number of rotatable bonds is 1. The Morgan fingerprint density at radius 3 is 2.62 bits per heavy atom. The summed E-state index contributed by atoms with van der Waals surface area (Å²) in [6, 6.07) is -1.01. The van der Waals surface area contributed by atoms with Gasteiger partial charge in [0.15, 0.2) is 0 Å². The molecule has 2 rings (SSSR count). The van der Waals surface area contributed by atoms with Crippen LogP contribution >= 0.6 is 0 Å². The molecule has 0 aromatic rings. The van der Waals surface area contributed by atoms with Crippen molar-refractivity contribution in [2.75, 3.05) is 19.8 Å². The van der Waals surface area contributed by atoms with Gasteiger partial charge in [-0.2, -0.15) is 13.2 Å². The summed E-state index contributed by atoms with van der Waals surface area (Å²) in [5.41, 5.74) is -1.28. The number of ether oxygens (including phenoxy) is 1. The fourth-order valence-electron chi connectivity index (χ4n) is 1.83. The number of nitrogens with one attached hydrogen (secondary N) is 1. The maximum Gasteiger partial charge on any atom is 0.406 e. The van der Waals surface area contributed by atoms with Gasteiger partial charge in [-0.05, 0) is 0 Å². The maximum atomic E-state index is 12.1. The molecule has 0 saturated carbocycles. The first-order valence-electron chi connectivity index (χ1n) is 4.63. The Kier molecular flexibility index (Phi) is 2.33. The third-order valence-corrected chi connectivity index (χ3v) is 2.60. The topological polar surface area (TPSA) is 58.6 Å². The number of alkyl halides is 3. The highest BCUT2D eigenvalue weighted by Crippen LogP contribution is 2.29. The van der Waals surface area contributed by atoms with Gasteiger partial charge >= 0.3 is 12.2 Å². The fraction of sp³-hybridized carbons (Fsp3) is 0.750. The Morgan fingerprint density at radius 2 is 2.12 bits per heavy atom. The second-order valence-corrected chi connectivity index (χ2v) is 3.82. The summed E-state index contributed by atoms with van der Waals surface area (Å²) in [7, 11) is 0. The van der Waals surface area contributed by atoms with Crippen molar-refractivity contribution in [3.05, 3.63) is 0 Å². The van der Waals surface area contributed by atoms with Gasteiger partial charge < -0.3 is 10.1 Å². The highest BCUT2D eigenvalue weighted by molar-refractivity contribution is 6.07. The molecular weight excluding hydrogens is 229 g/mol. The van der Waals surface area contributed by atoms with Gasteiger partial charge in [0.05, 0.1) is 6.61 Å². The Hall–Kier alpha value is -1.31. The van der Waals surface area contributed by atoms with Crippen molar-refractivity contribution in [3.8, 4) is 0 Å². The van der Waals surface area contributed by atoms with E-state index in [1.165, 1.54) is 0 Å². The molecule has 1 unspecified atom stereocenters. The number of hydrogen-bond acceptors (Lipinski definition) is 3. The second kappa shape index (κ2) is 3.34. The minimum Gasteiger partial charge on any atom is -0.378 e. The molecule has 8 heteroatoms. The van der Waals surface area contributed by atoms with E-state index >= 15 is 0 Å². The number of nitrogens with zero attached hydrogens (tertiary/aromatic N) is 1. The van der Waals surface area contributed by atoms with Gasteiger partial charge in [0.25, 0.3) is 5.91 Å². The number of carbonyl (C=O) groups excluding carboxylic acids is 2. The molecule has 0 aromatic heterocycles. The number of halogens is 3. The lowest BCUT2D eigenvalue weighted by atomic mass is 9.99. The van der Waals surface area contributed by atoms with Crippen LogP contribution < -0.4 is 5.32 Å². The smallest absolute Gasteiger partial charge is 0.378 e. The molecule has 0 aromatic carbocycles. The standard InChI is InChI=1S/C8H9F3N2O3/c9-8(10,11)3-13-5(14)7(12-6(13)15)1-2-16-4-7/h1-4H2,(H,12,15). The lowest BCUT2D eigenvalue weighted by Gasteiger charge is -2.19. The van der Waals surface area contributed by atoms with Gasteiger partial charge in [-0.15, -0.1) is 0 Å². The SMILES string of the molecule is O=C1NC2(CCOC2)C(=O)N1CC(F)(F)F. The van der Waals surface area contributed by atoms with Crippen molar-refractivity contribution in [1.82, 2.24) is 10.2 Å². The van der Waals surface area contributed by atoms with Crippen molar-refractivity contribution in [2.24, 2.45) is 0 Å². The van der Waals surface area contributed by atoms with Crippen LogP contribution in [-0.2, 0) is 9.53 Å². The summed E-state index contributed by atoms with van der Waals surface area (Å²) in [6.45, 7) is -1.36. The summed E-state index contributed by atoms with van der Waals surface area (Å²) >= 11 is 0. The number of hydrogen-bond donors (Lipinski definition) is 1. The van der Waals surface area contributed by atoms with E-state index in [1.807, 2.05) is 0 Å². The Labute approximate surface area is 88.5 Å². The predicted octanol–water partition coefficient (Wildman–Crippen LogP) is 0.260. The van der Waals surface area contributed by atoms with Gasteiger partial charge in [0, 0.05) is 13.0 Å². The van der Waals surface area contributed by atoms with Crippen molar-refractivity contribution in [1.29, 1.82) is 0 Å². The summed E-state index contributed by atoms with van der Waals surface area (Å²) in [5.74, 6) is -0.854. The molecule has 2 saturated heterocycles. The van der Waals surface area contributed by atoms with Crippen molar-refractivity contribution < 1.29 is 27.5 Å². The van der Waals surface area contributed by atoms with Gasteiger partial charge in [0.2, 0.25) is 0 Å². The average molecular weight is 238 g/mol. The molecule has 5 nitrogen and oxygen atoms in total. The molecule has 3 amide bonds. The van der Waals surface area contributed by atoms with Crippen LogP contribution in [0.15, 0.2) is 0 Å². The zero-order valence-corrected chi connectivity index (χ0v) is 8.13. The zero-order chi connectivity index (χ0) is 12.0. The molecular formula is C8H9F3N2O3. The van der Waals surface area contributed by atoms with E-state index in [4.69, 9.17) is 4.74 Å². The van der Waals surface area contributed by atoms with Crippen LogP contribution in [0.4, 0.5) is 18.0 Å². The highest BCUT2D eigenvalue weighted by atomic mass is 19.4. The first-order valence-corrected chi connectivity index (χ1v) is 4.63. The minimum atomic E-state index is -4.59. The summed E-state index contributed by atoms with van der Waals surface area (Å²) in [5, 5.41) is 2.26. The summed E-state index contributed by atoms with van der Waals surface area (Å²) in [6.07, 6.45) is -4.37. The molecule has 2 aliphatic heterocycles. The van der Waals surface area contributed by atoms with Crippen LogP contribution in [0.25, 0.3) is 0 Å². The lowest BCUT2D eigenvalue weighted by Crippen LogP contribution is -2.48. The first kappa shape index (κ1) is 11.2. The van der Waals surface area contributed by atoms with E-state index in [0.29, 0.717) is 0 Å². The Morgan fingerprint density at radius 1 is 1.44 bits per heavy atom. The van der Waals surface area contributed by atoms with E-state index in [9.17, 15) is 22.8 Å². The average Bonchev–Trinajstić information content (AvgIpc) is 2.68. The molecule has 2 aliphatic rings. The van der Waals surface area contributed by atoms with E-state index in [0.717, 1.165) is 0 Å². The largest absolute Gasteiger partial charge is 0.406 e. The second-order valence-electron chi connectivity index (χ2n) is 3.82. The molecule has 2 fully saturated rings. The van der Waals surface area contributed by atoms with Crippen LogP contribution in [0.5, 0.6) is 0 Å². The zero-order valence-electron chi connectivity index (χ0n) is 8.13. The molecule has 1 N–H and O–H groups in total. The Balaban J connectivity index is 2.17. The number of amides is 3. The van der Waals surface area contributed by atoms with E-state index in [1.54, 1.807) is 0 Å². The Bertz CT molecular complexity index is 336. The molecule has 0 radical (unpaired) electrons. The normalized spacial score (nSPS) is 30.3. The number of imide groups is 1. The van der Waals surface area contributed by atoms with Crippen LogP contribution in [0.1, 0.15) is 6.42 Å². The molecule has 2 heterocycles. The molecule has 0 aliphatic carbocycles. The fourth-order valence-corrected chi connectivity index (χ4v) is 1.83. The lowest BCUT2D eigenvalue weighted by molar-refractivity contribution is -0.154. The molecule has 90 valence electrons. The summed E-state index contributed by atoms with van der Waals surface area (Å²) < 4.78 is 41.3. The van der Waals surface area contributed by atoms with Gasteiger partial charge in [-0.1, -0.05) is 0 Å². The monoisotopic (exact) mass is 238 g/mol. The molecule has 1 spiro atoms. The van der Waals surface area contributed by atoms with E-state index < -0.39 is 30.2 Å². The quantitative estimate of drug-likeness (QED) is 0.666. The molecule has 0 bridgehead atoms. The van der Waals surface area contributed by atoms with Crippen molar-refractivity contribution in [2.45, 2.75) is 18.1 Å². The van der Waals surface area contributed by atoms with Crippen molar-refractivity contribution in [3.63, 3.8) is 0 Å². The van der Waals surface area contributed by atoms with Crippen molar-refractivity contribution >= 4 is 11.9 Å². The minimum absolute atomic E-state index is 0.0636. The number of urea groups is 1. The number of carbonyl (C=O) groups is 2. The van der Waals surface area contributed by atoms with E-state index in [-0.39, 0.29) is 24.5 Å². The van der Waals surface area contributed by atoms with Gasteiger partial charge in [-0.3, -0.25) is 9.69 Å². The predicted molar refractivity (Wildman–Crippen MR) is 44.5 cm³/mol. The van der Waals surface area contributed by atoms with Gasteiger partial charge in [0.1, 0.15) is 12.1 Å². The van der Waals surface area contributed by atoms with Gasteiger partial charge in [-0.25, -0.2) is 4.79 Å². The maximum absolute atomic E-state index is 12.1. The van der Waals surface area contributed by atoms with Crippen LogP contribution in [0.3, 0.4) is 0 Å². The summed E-state index contributed by atoms with van der Waals surface area (Å²) in [4.78, 5) is 23.1. The molecule has 16 heavy (non-hydrogen) atoms. The van der Waals surface area contributed by atoms with E-state index in [2.05, 4.69) is 5.32 Å². The first-order chi connectivity index (χ1) is 7.34. The third kappa shape index (κ3) is 1.73. The van der Waals surface area contributed by atoms with Crippen LogP contribution in [-0.4, -0.2) is 48.3 Å². The molecule has 1 atom stereocenters. The van der Waals surface area contributed by atoms with Crippen LogP contribution in [0.2, 0.25) is 0 Å². The van der Waals surface area contributed by atoms with Crippen LogP contribution in [0, 0.1) is 0 Å². The highest BCUT2D eigenvalue weighted by Gasteiger charge is 2.55.